The Hall–Kier alpha value is -0.780. The third kappa shape index (κ3) is 3.12. The first kappa shape index (κ1) is 12.7. The molecule has 92 valence electrons. The van der Waals surface area contributed by atoms with Gasteiger partial charge in [-0.05, 0) is 18.1 Å². The van der Waals surface area contributed by atoms with Crippen molar-refractivity contribution < 1.29 is 9.53 Å². The minimum Gasteiger partial charge on any atom is -0.380 e. The number of carbonyl (C=O) groups is 1. The molecule has 5 heteroatoms. The summed E-state index contributed by atoms with van der Waals surface area (Å²) in [4.78, 5) is 15.6. The number of ether oxygens (including phenoxy) is 1. The first-order valence-corrected chi connectivity index (χ1v) is 6.77. The standard InChI is InChI=1S/C12H15NO2S2/c1-15-7-9-2-4-13(5-3-9)12(14)11-6-10(16)8-17-11/h2,6,8,16H,3-5,7H2,1H3. The largest absolute Gasteiger partial charge is 0.380 e. The number of methoxy groups -OCH3 is 1. The second-order valence-electron chi connectivity index (χ2n) is 3.97. The van der Waals surface area contributed by atoms with Gasteiger partial charge in [0, 0.05) is 30.5 Å². The summed E-state index contributed by atoms with van der Waals surface area (Å²) in [5, 5.41) is 1.88. The van der Waals surface area contributed by atoms with Gasteiger partial charge in [-0.3, -0.25) is 4.79 Å². The molecule has 1 aromatic rings. The van der Waals surface area contributed by atoms with Crippen LogP contribution in [0.25, 0.3) is 0 Å². The van der Waals surface area contributed by atoms with Crippen LogP contribution in [-0.2, 0) is 4.74 Å². The van der Waals surface area contributed by atoms with Gasteiger partial charge in [0.05, 0.1) is 11.5 Å². The van der Waals surface area contributed by atoms with E-state index in [1.165, 1.54) is 16.9 Å². The zero-order chi connectivity index (χ0) is 12.3. The molecule has 1 amide bonds. The van der Waals surface area contributed by atoms with E-state index in [2.05, 4.69) is 18.7 Å². The molecule has 1 aromatic heterocycles. The Labute approximate surface area is 110 Å². The van der Waals surface area contributed by atoms with Gasteiger partial charge in [0.2, 0.25) is 0 Å². The van der Waals surface area contributed by atoms with Crippen LogP contribution in [0.15, 0.2) is 28.0 Å². The Morgan fingerprint density at radius 3 is 3.00 bits per heavy atom. The van der Waals surface area contributed by atoms with Gasteiger partial charge in [-0.2, -0.15) is 0 Å². The molecule has 0 N–H and O–H groups in total. The summed E-state index contributed by atoms with van der Waals surface area (Å²) in [5.41, 5.74) is 1.28. The Bertz CT molecular complexity index is 439. The van der Waals surface area contributed by atoms with Crippen molar-refractivity contribution in [3.8, 4) is 0 Å². The van der Waals surface area contributed by atoms with Crippen LogP contribution in [0.5, 0.6) is 0 Å². The summed E-state index contributed by atoms with van der Waals surface area (Å²) in [5.74, 6) is 0.100. The Morgan fingerprint density at radius 2 is 2.47 bits per heavy atom. The van der Waals surface area contributed by atoms with E-state index in [0.29, 0.717) is 13.2 Å². The third-order valence-electron chi connectivity index (χ3n) is 2.72. The zero-order valence-corrected chi connectivity index (χ0v) is 11.4. The molecule has 0 unspecified atom stereocenters. The van der Waals surface area contributed by atoms with Gasteiger partial charge in [0.25, 0.3) is 5.91 Å². The smallest absolute Gasteiger partial charge is 0.264 e. The number of hydrogen-bond donors (Lipinski definition) is 1. The van der Waals surface area contributed by atoms with Gasteiger partial charge < -0.3 is 9.64 Å². The van der Waals surface area contributed by atoms with E-state index in [9.17, 15) is 4.79 Å². The first-order chi connectivity index (χ1) is 8.20. The molecule has 0 radical (unpaired) electrons. The molecular weight excluding hydrogens is 254 g/mol. The first-order valence-electron chi connectivity index (χ1n) is 5.44. The number of thiol groups is 1. The van der Waals surface area contributed by atoms with E-state index in [1.807, 2.05) is 16.3 Å². The fourth-order valence-corrected chi connectivity index (χ4v) is 2.92. The average Bonchev–Trinajstić information content (AvgIpc) is 2.76. The van der Waals surface area contributed by atoms with E-state index in [1.54, 1.807) is 7.11 Å². The summed E-state index contributed by atoms with van der Waals surface area (Å²) in [7, 11) is 1.69. The number of carbonyl (C=O) groups excluding carboxylic acids is 1. The van der Waals surface area contributed by atoms with E-state index < -0.39 is 0 Å². The van der Waals surface area contributed by atoms with Gasteiger partial charge in [0.15, 0.2) is 0 Å². The molecule has 0 saturated heterocycles. The van der Waals surface area contributed by atoms with Crippen LogP contribution in [-0.4, -0.2) is 37.6 Å². The quantitative estimate of drug-likeness (QED) is 0.675. The van der Waals surface area contributed by atoms with Crippen molar-refractivity contribution in [1.29, 1.82) is 0 Å². The van der Waals surface area contributed by atoms with Crippen LogP contribution in [0.2, 0.25) is 0 Å². The molecule has 0 fully saturated rings. The average molecular weight is 269 g/mol. The lowest BCUT2D eigenvalue weighted by Crippen LogP contribution is -2.34. The minimum atomic E-state index is 0.100. The van der Waals surface area contributed by atoms with Crippen molar-refractivity contribution in [1.82, 2.24) is 4.90 Å². The summed E-state index contributed by atoms with van der Waals surface area (Å²) in [6, 6.07) is 1.82. The highest BCUT2D eigenvalue weighted by Gasteiger charge is 2.19. The number of rotatable bonds is 3. The molecule has 0 aromatic carbocycles. The van der Waals surface area contributed by atoms with Crippen LogP contribution in [0.3, 0.4) is 0 Å². The van der Waals surface area contributed by atoms with Gasteiger partial charge in [-0.25, -0.2) is 0 Å². The second-order valence-corrected chi connectivity index (χ2v) is 5.39. The Balaban J connectivity index is 1.99. The third-order valence-corrected chi connectivity index (χ3v) is 4.07. The molecular formula is C12H15NO2S2. The highest BCUT2D eigenvalue weighted by atomic mass is 32.1. The molecule has 0 atom stereocenters. The number of thiophene rings is 1. The van der Waals surface area contributed by atoms with Crippen molar-refractivity contribution >= 4 is 29.9 Å². The maximum absolute atomic E-state index is 12.1. The molecule has 0 saturated carbocycles. The number of hydrogen-bond acceptors (Lipinski definition) is 4. The predicted octanol–water partition coefficient (Wildman–Crippen LogP) is 2.46. The van der Waals surface area contributed by atoms with Gasteiger partial charge in [0.1, 0.15) is 0 Å². The molecule has 1 aliphatic heterocycles. The molecule has 0 aliphatic carbocycles. The molecule has 0 spiro atoms. The van der Waals surface area contributed by atoms with Crippen LogP contribution in [0.1, 0.15) is 16.1 Å². The lowest BCUT2D eigenvalue weighted by molar-refractivity contribution is 0.0769. The van der Waals surface area contributed by atoms with E-state index in [-0.39, 0.29) is 5.91 Å². The van der Waals surface area contributed by atoms with Crippen molar-refractivity contribution in [2.24, 2.45) is 0 Å². The van der Waals surface area contributed by atoms with Crippen LogP contribution in [0, 0.1) is 0 Å². The maximum atomic E-state index is 12.1. The van der Waals surface area contributed by atoms with E-state index in [4.69, 9.17) is 4.74 Å². The van der Waals surface area contributed by atoms with Crippen molar-refractivity contribution in [3.63, 3.8) is 0 Å². The highest BCUT2D eigenvalue weighted by Crippen LogP contribution is 2.21. The van der Waals surface area contributed by atoms with Crippen molar-refractivity contribution in [3.05, 3.63) is 28.0 Å². The maximum Gasteiger partial charge on any atom is 0.264 e. The molecule has 2 heterocycles. The number of nitrogens with zero attached hydrogens (tertiary/aromatic N) is 1. The minimum absolute atomic E-state index is 0.100. The Morgan fingerprint density at radius 1 is 1.65 bits per heavy atom. The molecule has 17 heavy (non-hydrogen) atoms. The lowest BCUT2D eigenvalue weighted by atomic mass is 10.1. The van der Waals surface area contributed by atoms with E-state index >= 15 is 0 Å². The SMILES string of the molecule is COCC1=CCN(C(=O)c2cc(S)cs2)CC1. The summed E-state index contributed by atoms with van der Waals surface area (Å²) >= 11 is 5.67. The normalized spacial score (nSPS) is 15.9. The summed E-state index contributed by atoms with van der Waals surface area (Å²) in [6.07, 6.45) is 2.98. The molecule has 0 bridgehead atoms. The fourth-order valence-electron chi connectivity index (χ4n) is 1.81. The summed E-state index contributed by atoms with van der Waals surface area (Å²) < 4.78 is 5.09. The van der Waals surface area contributed by atoms with Crippen molar-refractivity contribution in [2.45, 2.75) is 11.3 Å². The fraction of sp³-hybridized carbons (Fsp3) is 0.417. The monoisotopic (exact) mass is 269 g/mol. The predicted molar refractivity (Wildman–Crippen MR) is 72.1 cm³/mol. The molecule has 3 nitrogen and oxygen atoms in total. The molecule has 2 rings (SSSR count). The zero-order valence-electron chi connectivity index (χ0n) is 9.68. The van der Waals surface area contributed by atoms with Crippen LogP contribution in [0.4, 0.5) is 0 Å². The van der Waals surface area contributed by atoms with Gasteiger partial charge in [-0.1, -0.05) is 6.08 Å². The van der Waals surface area contributed by atoms with E-state index in [0.717, 1.165) is 22.7 Å². The van der Waals surface area contributed by atoms with Crippen LogP contribution >= 0.6 is 24.0 Å². The Kier molecular flexibility index (Phi) is 4.25. The van der Waals surface area contributed by atoms with Crippen LogP contribution < -0.4 is 0 Å². The van der Waals surface area contributed by atoms with Gasteiger partial charge in [-0.15, -0.1) is 24.0 Å². The second kappa shape index (κ2) is 5.71. The summed E-state index contributed by atoms with van der Waals surface area (Å²) in [6.45, 7) is 2.12. The number of amides is 1. The lowest BCUT2D eigenvalue weighted by Gasteiger charge is -2.25. The molecule has 1 aliphatic rings. The van der Waals surface area contributed by atoms with Crippen molar-refractivity contribution in [2.75, 3.05) is 26.8 Å². The topological polar surface area (TPSA) is 29.5 Å². The highest BCUT2D eigenvalue weighted by molar-refractivity contribution is 7.80. The van der Waals surface area contributed by atoms with Gasteiger partial charge >= 0.3 is 0 Å².